The van der Waals surface area contributed by atoms with Gasteiger partial charge in [0, 0.05) is 24.0 Å². The predicted octanol–water partition coefficient (Wildman–Crippen LogP) is 3.32. The number of carbonyl (C=O) groups is 1. The van der Waals surface area contributed by atoms with Gasteiger partial charge >= 0.3 is 0 Å². The van der Waals surface area contributed by atoms with Gasteiger partial charge in [0.2, 0.25) is 5.91 Å². The van der Waals surface area contributed by atoms with E-state index in [1.807, 2.05) is 18.8 Å². The highest BCUT2D eigenvalue weighted by Gasteiger charge is 2.11. The molecule has 3 N–H and O–H groups in total. The standard InChI is InChI=1S/C15H24ClN3OS/c1-11(7-9-21-3)19(2)8-6-15(20)18-14-10-12(16)4-5-13(14)17/h4-5,10-11H,6-9,17H2,1-3H3,(H,18,20). The van der Waals surface area contributed by atoms with Crippen LogP contribution in [-0.4, -0.2) is 42.4 Å². The Morgan fingerprint density at radius 3 is 2.90 bits per heavy atom. The third-order valence-electron chi connectivity index (χ3n) is 3.47. The third-order valence-corrected chi connectivity index (χ3v) is 4.35. The summed E-state index contributed by atoms with van der Waals surface area (Å²) < 4.78 is 0. The molecule has 0 aromatic heterocycles. The number of rotatable bonds is 8. The Morgan fingerprint density at radius 1 is 1.52 bits per heavy atom. The molecule has 0 saturated heterocycles. The normalized spacial score (nSPS) is 12.4. The highest BCUT2D eigenvalue weighted by atomic mass is 35.5. The van der Waals surface area contributed by atoms with Crippen LogP contribution in [0.15, 0.2) is 18.2 Å². The molecule has 1 amide bonds. The van der Waals surface area contributed by atoms with Crippen LogP contribution in [0.25, 0.3) is 0 Å². The first-order valence-electron chi connectivity index (χ1n) is 6.98. The molecule has 0 radical (unpaired) electrons. The Hall–Kier alpha value is -0.910. The number of nitrogens with one attached hydrogen (secondary N) is 1. The zero-order chi connectivity index (χ0) is 15.8. The van der Waals surface area contributed by atoms with E-state index in [0.29, 0.717) is 28.9 Å². The highest BCUT2D eigenvalue weighted by Crippen LogP contribution is 2.23. The van der Waals surface area contributed by atoms with Crippen LogP contribution >= 0.6 is 23.4 Å². The van der Waals surface area contributed by atoms with E-state index in [1.165, 1.54) is 0 Å². The van der Waals surface area contributed by atoms with Gasteiger partial charge in [-0.1, -0.05) is 11.6 Å². The summed E-state index contributed by atoms with van der Waals surface area (Å²) in [6.07, 6.45) is 3.67. The van der Waals surface area contributed by atoms with Gasteiger partial charge < -0.3 is 16.0 Å². The summed E-state index contributed by atoms with van der Waals surface area (Å²) in [5, 5.41) is 3.37. The van der Waals surface area contributed by atoms with Crippen LogP contribution in [0.3, 0.4) is 0 Å². The van der Waals surface area contributed by atoms with E-state index in [-0.39, 0.29) is 5.91 Å². The van der Waals surface area contributed by atoms with Crippen molar-refractivity contribution < 1.29 is 4.79 Å². The fraction of sp³-hybridized carbons (Fsp3) is 0.533. The maximum atomic E-state index is 12.0. The van der Waals surface area contributed by atoms with Crippen LogP contribution in [0, 0.1) is 0 Å². The molecule has 1 unspecified atom stereocenters. The Balaban J connectivity index is 2.42. The molecule has 6 heteroatoms. The first kappa shape index (κ1) is 18.1. The van der Waals surface area contributed by atoms with Crippen LogP contribution in [0.4, 0.5) is 11.4 Å². The number of benzene rings is 1. The summed E-state index contributed by atoms with van der Waals surface area (Å²) in [5.74, 6) is 1.09. The lowest BCUT2D eigenvalue weighted by Gasteiger charge is -2.24. The number of hydrogen-bond acceptors (Lipinski definition) is 4. The number of nitrogen functional groups attached to an aromatic ring is 1. The van der Waals surface area contributed by atoms with Crippen molar-refractivity contribution >= 4 is 40.6 Å². The van der Waals surface area contributed by atoms with Gasteiger partial charge in [-0.15, -0.1) is 0 Å². The van der Waals surface area contributed by atoms with Gasteiger partial charge in [-0.25, -0.2) is 0 Å². The van der Waals surface area contributed by atoms with Gasteiger partial charge in [0.1, 0.15) is 0 Å². The quantitative estimate of drug-likeness (QED) is 0.718. The molecule has 1 rings (SSSR count). The molecule has 0 bridgehead atoms. The fourth-order valence-electron chi connectivity index (χ4n) is 1.86. The smallest absolute Gasteiger partial charge is 0.225 e. The number of hydrogen-bond donors (Lipinski definition) is 2. The summed E-state index contributed by atoms with van der Waals surface area (Å²) in [5.41, 5.74) is 6.91. The molecule has 21 heavy (non-hydrogen) atoms. The lowest BCUT2D eigenvalue weighted by atomic mass is 10.2. The molecule has 0 saturated carbocycles. The van der Waals surface area contributed by atoms with Gasteiger partial charge in [0.25, 0.3) is 0 Å². The molecule has 1 aromatic rings. The van der Waals surface area contributed by atoms with E-state index in [0.717, 1.165) is 18.7 Å². The van der Waals surface area contributed by atoms with Gasteiger partial charge in [0.15, 0.2) is 0 Å². The number of amides is 1. The molecular formula is C15H24ClN3OS. The van der Waals surface area contributed by atoms with Crippen LogP contribution in [-0.2, 0) is 4.79 Å². The lowest BCUT2D eigenvalue weighted by molar-refractivity contribution is -0.116. The molecule has 118 valence electrons. The average Bonchev–Trinajstić information content (AvgIpc) is 2.46. The highest BCUT2D eigenvalue weighted by molar-refractivity contribution is 7.98. The molecule has 4 nitrogen and oxygen atoms in total. The number of nitrogens with zero attached hydrogens (tertiary/aromatic N) is 1. The van der Waals surface area contributed by atoms with E-state index in [9.17, 15) is 4.79 Å². The lowest BCUT2D eigenvalue weighted by Crippen LogP contribution is -2.32. The minimum atomic E-state index is -0.0483. The molecule has 1 aromatic carbocycles. The van der Waals surface area contributed by atoms with E-state index < -0.39 is 0 Å². The first-order valence-corrected chi connectivity index (χ1v) is 8.75. The zero-order valence-corrected chi connectivity index (χ0v) is 14.4. The van der Waals surface area contributed by atoms with Gasteiger partial charge in [-0.3, -0.25) is 4.79 Å². The Labute approximate surface area is 136 Å². The Kier molecular flexibility index (Phi) is 7.93. The molecule has 0 heterocycles. The molecule has 0 aliphatic heterocycles. The fourth-order valence-corrected chi connectivity index (χ4v) is 2.61. The molecule has 0 fully saturated rings. The zero-order valence-electron chi connectivity index (χ0n) is 12.9. The third kappa shape index (κ3) is 6.59. The van der Waals surface area contributed by atoms with Crippen LogP contribution < -0.4 is 11.1 Å². The Bertz CT molecular complexity index is 470. The van der Waals surface area contributed by atoms with Gasteiger partial charge in [0.05, 0.1) is 11.4 Å². The molecular weight excluding hydrogens is 306 g/mol. The molecule has 0 aliphatic carbocycles. The number of thioether (sulfide) groups is 1. The average molecular weight is 330 g/mol. The summed E-state index contributed by atoms with van der Waals surface area (Å²) in [6.45, 7) is 2.91. The van der Waals surface area contributed by atoms with E-state index in [2.05, 4.69) is 23.4 Å². The predicted molar refractivity (Wildman–Crippen MR) is 94.2 cm³/mol. The molecule has 0 aliphatic rings. The summed E-state index contributed by atoms with van der Waals surface area (Å²) in [4.78, 5) is 14.2. The van der Waals surface area contributed by atoms with Crippen molar-refractivity contribution in [3.8, 4) is 0 Å². The summed E-state index contributed by atoms with van der Waals surface area (Å²) in [6, 6.07) is 5.53. The van der Waals surface area contributed by atoms with E-state index in [4.69, 9.17) is 17.3 Å². The number of carbonyl (C=O) groups excluding carboxylic acids is 1. The topological polar surface area (TPSA) is 58.4 Å². The second-order valence-corrected chi connectivity index (χ2v) is 6.56. The summed E-state index contributed by atoms with van der Waals surface area (Å²) in [7, 11) is 2.05. The van der Waals surface area contributed by atoms with E-state index in [1.54, 1.807) is 18.2 Å². The van der Waals surface area contributed by atoms with Crippen molar-refractivity contribution in [3.05, 3.63) is 23.2 Å². The van der Waals surface area contributed by atoms with Gasteiger partial charge in [-0.05, 0) is 50.6 Å². The SMILES string of the molecule is CSCCC(C)N(C)CCC(=O)Nc1cc(Cl)ccc1N. The van der Waals surface area contributed by atoms with Crippen molar-refractivity contribution in [1.82, 2.24) is 4.90 Å². The Morgan fingerprint density at radius 2 is 2.24 bits per heavy atom. The van der Waals surface area contributed by atoms with E-state index >= 15 is 0 Å². The number of anilines is 2. The van der Waals surface area contributed by atoms with Crippen LogP contribution in [0.5, 0.6) is 0 Å². The van der Waals surface area contributed by atoms with Crippen molar-refractivity contribution in [2.45, 2.75) is 25.8 Å². The van der Waals surface area contributed by atoms with Crippen molar-refractivity contribution in [2.75, 3.05) is 36.7 Å². The van der Waals surface area contributed by atoms with Crippen molar-refractivity contribution in [1.29, 1.82) is 0 Å². The minimum Gasteiger partial charge on any atom is -0.397 e. The first-order chi connectivity index (χ1) is 9.93. The summed E-state index contributed by atoms with van der Waals surface area (Å²) >= 11 is 7.74. The second-order valence-electron chi connectivity index (χ2n) is 5.14. The molecule has 1 atom stereocenters. The van der Waals surface area contributed by atoms with Crippen LogP contribution in [0.2, 0.25) is 5.02 Å². The number of nitrogens with two attached hydrogens (primary N) is 1. The monoisotopic (exact) mass is 329 g/mol. The maximum absolute atomic E-state index is 12.0. The molecule has 0 spiro atoms. The second kappa shape index (κ2) is 9.18. The number of halogens is 1. The van der Waals surface area contributed by atoms with Crippen molar-refractivity contribution in [2.24, 2.45) is 0 Å². The van der Waals surface area contributed by atoms with Crippen LogP contribution in [0.1, 0.15) is 19.8 Å². The minimum absolute atomic E-state index is 0.0483. The van der Waals surface area contributed by atoms with Crippen molar-refractivity contribution in [3.63, 3.8) is 0 Å². The van der Waals surface area contributed by atoms with Gasteiger partial charge in [-0.2, -0.15) is 11.8 Å². The largest absolute Gasteiger partial charge is 0.397 e. The maximum Gasteiger partial charge on any atom is 0.225 e.